The molecule has 0 bridgehead atoms. The summed E-state index contributed by atoms with van der Waals surface area (Å²) in [4.78, 5) is 50.3. The zero-order valence-corrected chi connectivity index (χ0v) is 20.2. The van der Waals surface area contributed by atoms with Crippen LogP contribution in [0.15, 0.2) is 70.5 Å². The van der Waals surface area contributed by atoms with E-state index in [1.165, 1.54) is 20.8 Å². The second kappa shape index (κ2) is 9.30. The highest BCUT2D eigenvalue weighted by Crippen LogP contribution is 2.22. The van der Waals surface area contributed by atoms with Crippen molar-refractivity contribution in [2.75, 3.05) is 7.05 Å². The molecule has 3 aromatic heterocycles. The van der Waals surface area contributed by atoms with E-state index in [-0.39, 0.29) is 19.0 Å². The third kappa shape index (κ3) is 4.28. The van der Waals surface area contributed by atoms with Gasteiger partial charge in [-0.05, 0) is 24.6 Å². The number of rotatable bonds is 7. The van der Waals surface area contributed by atoms with Gasteiger partial charge in [0.05, 0.1) is 29.6 Å². The highest BCUT2D eigenvalue weighted by Gasteiger charge is 2.21. The van der Waals surface area contributed by atoms with Gasteiger partial charge in [-0.2, -0.15) is 0 Å². The smallest absolute Gasteiger partial charge is 0.333 e. The Morgan fingerprint density at radius 2 is 1.77 bits per heavy atom. The van der Waals surface area contributed by atoms with Crippen molar-refractivity contribution in [1.29, 1.82) is 0 Å². The predicted molar refractivity (Wildman–Crippen MR) is 136 cm³/mol. The van der Waals surface area contributed by atoms with Gasteiger partial charge >= 0.3 is 5.69 Å². The van der Waals surface area contributed by atoms with E-state index < -0.39 is 11.2 Å². The van der Waals surface area contributed by atoms with Crippen molar-refractivity contribution in [2.45, 2.75) is 33.1 Å². The van der Waals surface area contributed by atoms with Crippen LogP contribution in [0, 0.1) is 0 Å². The number of fused-ring (bicyclic) bond motifs is 2. The summed E-state index contributed by atoms with van der Waals surface area (Å²) in [5.41, 5.74) is 1.32. The zero-order valence-electron chi connectivity index (χ0n) is 19.4. The Labute approximate surface area is 204 Å². The summed E-state index contributed by atoms with van der Waals surface area (Å²) in [6.07, 6.45) is 1.55. The molecule has 2 aromatic carbocycles. The van der Waals surface area contributed by atoms with Crippen LogP contribution >= 0.6 is 11.3 Å². The molecule has 35 heavy (non-hydrogen) atoms. The third-order valence-corrected chi connectivity index (χ3v) is 6.96. The molecule has 0 unspecified atom stereocenters. The number of aromatic nitrogens is 5. The van der Waals surface area contributed by atoms with Gasteiger partial charge in [-0.15, -0.1) is 11.3 Å². The van der Waals surface area contributed by atoms with E-state index in [4.69, 9.17) is 0 Å². The van der Waals surface area contributed by atoms with Crippen LogP contribution in [0.25, 0.3) is 21.4 Å². The van der Waals surface area contributed by atoms with Crippen molar-refractivity contribution in [2.24, 2.45) is 0 Å². The third-order valence-electron chi connectivity index (χ3n) is 5.94. The summed E-state index contributed by atoms with van der Waals surface area (Å²) < 4.78 is 5.21. The van der Waals surface area contributed by atoms with E-state index in [0.29, 0.717) is 24.3 Å². The molecule has 0 aliphatic rings. The molecule has 5 aromatic rings. The van der Waals surface area contributed by atoms with E-state index in [1.54, 1.807) is 17.9 Å². The highest BCUT2D eigenvalue weighted by atomic mass is 32.1. The molecule has 0 aliphatic heterocycles. The van der Waals surface area contributed by atoms with E-state index in [0.717, 1.165) is 25.4 Å². The summed E-state index contributed by atoms with van der Waals surface area (Å²) in [5, 5.41) is 0.787. The van der Waals surface area contributed by atoms with Crippen LogP contribution < -0.4 is 11.2 Å². The molecule has 1 amide bonds. The first-order chi connectivity index (χ1) is 17.0. The van der Waals surface area contributed by atoms with E-state index in [2.05, 4.69) is 9.97 Å². The summed E-state index contributed by atoms with van der Waals surface area (Å²) in [6.45, 7) is 2.58. The number of carbonyl (C=O) groups is 1. The fourth-order valence-corrected chi connectivity index (χ4v) is 5.08. The highest BCUT2D eigenvalue weighted by molar-refractivity contribution is 7.18. The van der Waals surface area contributed by atoms with Crippen molar-refractivity contribution in [1.82, 2.24) is 28.6 Å². The SMILES string of the molecule is CCn1cnc2c1c(=O)n(CC(=O)N(C)Cc1nc3ccccc3s1)c(=O)n2Cc1ccccc1. The van der Waals surface area contributed by atoms with Gasteiger partial charge in [0, 0.05) is 13.6 Å². The quantitative estimate of drug-likeness (QED) is 0.351. The summed E-state index contributed by atoms with van der Waals surface area (Å²) >= 11 is 1.52. The first-order valence-electron chi connectivity index (χ1n) is 11.3. The number of hydrogen-bond donors (Lipinski definition) is 0. The van der Waals surface area contributed by atoms with Gasteiger partial charge in [-0.25, -0.2) is 19.3 Å². The minimum absolute atomic E-state index is 0.243. The predicted octanol–water partition coefficient (Wildman–Crippen LogP) is 2.70. The Kier molecular flexibility index (Phi) is 6.04. The second-order valence-electron chi connectivity index (χ2n) is 8.27. The van der Waals surface area contributed by atoms with Crippen molar-refractivity contribution in [3.8, 4) is 0 Å². The molecular weight excluding hydrogens is 464 g/mol. The number of amides is 1. The number of thiazole rings is 1. The average molecular weight is 489 g/mol. The molecule has 0 saturated heterocycles. The maximum Gasteiger partial charge on any atom is 0.333 e. The molecule has 0 N–H and O–H groups in total. The summed E-state index contributed by atoms with van der Waals surface area (Å²) in [7, 11) is 1.65. The fraction of sp³-hybridized carbons (Fsp3) is 0.240. The number of para-hydroxylation sites is 1. The fourth-order valence-electron chi connectivity index (χ4n) is 4.06. The molecule has 0 fully saturated rings. The van der Waals surface area contributed by atoms with Crippen LogP contribution in [0.2, 0.25) is 0 Å². The number of carbonyl (C=O) groups excluding carboxylic acids is 1. The number of imidazole rings is 1. The monoisotopic (exact) mass is 488 g/mol. The van der Waals surface area contributed by atoms with Crippen molar-refractivity contribution >= 4 is 38.6 Å². The summed E-state index contributed by atoms with van der Waals surface area (Å²) in [6, 6.07) is 17.3. The van der Waals surface area contributed by atoms with E-state index in [1.807, 2.05) is 61.5 Å². The molecule has 3 heterocycles. The van der Waals surface area contributed by atoms with Crippen LogP contribution in [-0.2, 0) is 31.0 Å². The van der Waals surface area contributed by atoms with Gasteiger partial charge in [-0.3, -0.25) is 14.2 Å². The standard InChI is InChI=1S/C25H24N6O3S/c1-3-29-16-26-23-22(29)24(33)31(25(34)30(23)13-17-9-5-4-6-10-17)15-21(32)28(2)14-20-27-18-11-7-8-12-19(18)35-20/h4-12,16H,3,13-15H2,1-2H3. The Morgan fingerprint density at radius 3 is 2.51 bits per heavy atom. The Balaban J connectivity index is 1.49. The normalized spacial score (nSPS) is 11.4. The molecule has 178 valence electrons. The van der Waals surface area contributed by atoms with Gasteiger partial charge in [0.15, 0.2) is 11.2 Å². The van der Waals surface area contributed by atoms with Gasteiger partial charge in [0.2, 0.25) is 5.91 Å². The number of benzene rings is 2. The van der Waals surface area contributed by atoms with Crippen LogP contribution in [0.4, 0.5) is 0 Å². The lowest BCUT2D eigenvalue weighted by Crippen LogP contribution is -2.44. The minimum Gasteiger partial charge on any atom is -0.337 e. The topological polar surface area (TPSA) is 95.0 Å². The molecule has 0 spiro atoms. The van der Waals surface area contributed by atoms with Crippen LogP contribution in [-0.4, -0.2) is 41.5 Å². The number of aryl methyl sites for hydroxylation is 1. The Hall–Kier alpha value is -4.05. The molecule has 5 rings (SSSR count). The molecule has 0 saturated carbocycles. The van der Waals surface area contributed by atoms with Gasteiger partial charge in [0.25, 0.3) is 5.56 Å². The summed E-state index contributed by atoms with van der Waals surface area (Å²) in [5.74, 6) is -0.350. The molecular formula is C25H24N6O3S. The lowest BCUT2D eigenvalue weighted by molar-refractivity contribution is -0.131. The van der Waals surface area contributed by atoms with Crippen LogP contribution in [0.5, 0.6) is 0 Å². The Bertz CT molecular complexity index is 1610. The number of likely N-dealkylation sites (N-methyl/N-ethyl adjacent to an activating group) is 1. The maximum atomic E-state index is 13.4. The first-order valence-corrected chi connectivity index (χ1v) is 12.1. The van der Waals surface area contributed by atoms with Gasteiger partial charge < -0.3 is 9.47 Å². The van der Waals surface area contributed by atoms with Gasteiger partial charge in [0.1, 0.15) is 11.6 Å². The zero-order chi connectivity index (χ0) is 24.5. The maximum absolute atomic E-state index is 13.4. The van der Waals surface area contributed by atoms with E-state index >= 15 is 0 Å². The van der Waals surface area contributed by atoms with E-state index in [9.17, 15) is 14.4 Å². The second-order valence-corrected chi connectivity index (χ2v) is 9.39. The van der Waals surface area contributed by atoms with Crippen LogP contribution in [0.3, 0.4) is 0 Å². The average Bonchev–Trinajstić information content (AvgIpc) is 3.48. The molecule has 0 radical (unpaired) electrons. The lowest BCUT2D eigenvalue weighted by atomic mass is 10.2. The molecule has 9 nitrogen and oxygen atoms in total. The molecule has 10 heteroatoms. The van der Waals surface area contributed by atoms with Crippen molar-refractivity contribution in [3.05, 3.63) is 92.3 Å². The van der Waals surface area contributed by atoms with Crippen molar-refractivity contribution < 1.29 is 4.79 Å². The first kappa shape index (κ1) is 22.7. The Morgan fingerprint density at radius 1 is 1.03 bits per heavy atom. The largest absolute Gasteiger partial charge is 0.337 e. The van der Waals surface area contributed by atoms with Crippen LogP contribution in [0.1, 0.15) is 17.5 Å². The number of hydrogen-bond acceptors (Lipinski definition) is 6. The van der Waals surface area contributed by atoms with Gasteiger partial charge in [-0.1, -0.05) is 42.5 Å². The minimum atomic E-state index is -0.561. The molecule has 0 atom stereocenters. The van der Waals surface area contributed by atoms with Crippen molar-refractivity contribution in [3.63, 3.8) is 0 Å². The number of nitrogens with zero attached hydrogens (tertiary/aromatic N) is 6. The lowest BCUT2D eigenvalue weighted by Gasteiger charge is -2.17. The molecule has 0 aliphatic carbocycles.